The molecule has 3 saturated heterocycles. The molecule has 2 aromatic heterocycles. The molecule has 3 aliphatic heterocycles. The fraction of sp³-hybridized carbons (Fsp3) is 0.457. The van der Waals surface area contributed by atoms with Crippen LogP contribution in [0.2, 0.25) is 0 Å². The Bertz CT molecular complexity index is 1630. The second-order valence-electron chi connectivity index (χ2n) is 12.2. The molecule has 0 unspecified atom stereocenters. The van der Waals surface area contributed by atoms with Gasteiger partial charge in [0.2, 0.25) is 5.95 Å². The molecule has 5 heterocycles. The summed E-state index contributed by atoms with van der Waals surface area (Å²) in [5, 5.41) is 4.52. The molecule has 2 aromatic carbocycles. The van der Waals surface area contributed by atoms with Gasteiger partial charge in [0.15, 0.2) is 5.65 Å². The number of benzene rings is 2. The van der Waals surface area contributed by atoms with E-state index in [0.717, 1.165) is 91.9 Å². The third-order valence-corrected chi connectivity index (χ3v) is 8.84. The van der Waals surface area contributed by atoms with Crippen LogP contribution in [0.25, 0.3) is 22.3 Å². The van der Waals surface area contributed by atoms with E-state index in [1.807, 2.05) is 6.07 Å². The maximum Gasteiger partial charge on any atom is 0.229 e. The number of anilines is 4. The van der Waals surface area contributed by atoms with Crippen LogP contribution in [0, 0.1) is 0 Å². The van der Waals surface area contributed by atoms with Crippen LogP contribution in [0.1, 0.15) is 19.4 Å². The van der Waals surface area contributed by atoms with Gasteiger partial charge in [-0.2, -0.15) is 9.97 Å². The van der Waals surface area contributed by atoms with Crippen molar-refractivity contribution in [1.82, 2.24) is 15.0 Å². The summed E-state index contributed by atoms with van der Waals surface area (Å²) in [6.07, 6.45) is 0.200. The van der Waals surface area contributed by atoms with Crippen molar-refractivity contribution in [3.05, 3.63) is 60.2 Å². The predicted molar refractivity (Wildman–Crippen MR) is 181 cm³/mol. The Morgan fingerprint density at radius 2 is 1.48 bits per heavy atom. The van der Waals surface area contributed by atoms with Gasteiger partial charge in [-0.3, -0.25) is 0 Å². The van der Waals surface area contributed by atoms with Crippen LogP contribution in [-0.2, 0) is 20.8 Å². The molecule has 0 aliphatic carbocycles. The van der Waals surface area contributed by atoms with E-state index in [-0.39, 0.29) is 12.2 Å². The molecule has 0 spiro atoms. The number of nitrogens with zero attached hydrogens (tertiary/aromatic N) is 6. The van der Waals surface area contributed by atoms with Gasteiger partial charge in [-0.1, -0.05) is 0 Å². The van der Waals surface area contributed by atoms with Crippen molar-refractivity contribution in [2.24, 2.45) is 0 Å². The lowest BCUT2D eigenvalue weighted by Crippen LogP contribution is -2.46. The minimum Gasteiger partial charge on any atom is -0.496 e. The number of pyridine rings is 1. The van der Waals surface area contributed by atoms with Crippen molar-refractivity contribution in [2.75, 3.05) is 92.8 Å². The monoisotopic (exact) mass is 625 g/mol. The standard InChI is InChI=1S/C35H43N7O4/c1-24-22-42(23-25(2)46-24)35-38-33-30(34(39-35)41-14-18-45-19-15-41)9-10-31(37-33)26-4-11-32(43-3)27(20-26)21-36-28-5-7-29(8-6-28)40-12-16-44-17-13-40/h4-11,20,24-25,36H,12-19,21-23H2,1-3H3/t24-,25+. The fourth-order valence-electron chi connectivity index (χ4n) is 6.53. The summed E-state index contributed by atoms with van der Waals surface area (Å²) in [7, 11) is 1.71. The highest BCUT2D eigenvalue weighted by Crippen LogP contribution is 2.32. The lowest BCUT2D eigenvalue weighted by Gasteiger charge is -2.36. The molecule has 0 saturated carbocycles. The average molecular weight is 626 g/mol. The molecule has 2 atom stereocenters. The molecule has 1 N–H and O–H groups in total. The normalized spacial score (nSPS) is 20.6. The molecule has 242 valence electrons. The third kappa shape index (κ3) is 6.67. The number of hydrogen-bond donors (Lipinski definition) is 1. The van der Waals surface area contributed by atoms with Crippen LogP contribution in [-0.4, -0.2) is 100.0 Å². The zero-order valence-corrected chi connectivity index (χ0v) is 26.9. The molecular weight excluding hydrogens is 582 g/mol. The second-order valence-corrected chi connectivity index (χ2v) is 12.2. The molecule has 0 bridgehead atoms. The quantitative estimate of drug-likeness (QED) is 0.298. The van der Waals surface area contributed by atoms with Gasteiger partial charge in [0.25, 0.3) is 0 Å². The topological polar surface area (TPSA) is 97.3 Å². The average Bonchev–Trinajstić information content (AvgIpc) is 3.10. The lowest BCUT2D eigenvalue weighted by molar-refractivity contribution is -0.00570. The first-order chi connectivity index (χ1) is 22.5. The third-order valence-electron chi connectivity index (χ3n) is 8.84. The van der Waals surface area contributed by atoms with Gasteiger partial charge >= 0.3 is 0 Å². The fourth-order valence-corrected chi connectivity index (χ4v) is 6.53. The van der Waals surface area contributed by atoms with Gasteiger partial charge in [-0.15, -0.1) is 0 Å². The Kier molecular flexibility index (Phi) is 9.05. The summed E-state index contributed by atoms with van der Waals surface area (Å²) in [6, 6.07) is 19.0. The Morgan fingerprint density at radius 3 is 2.17 bits per heavy atom. The number of morpholine rings is 3. The molecule has 11 nitrogen and oxygen atoms in total. The van der Waals surface area contributed by atoms with Gasteiger partial charge < -0.3 is 39.0 Å². The van der Waals surface area contributed by atoms with E-state index in [4.69, 9.17) is 33.9 Å². The molecule has 11 heteroatoms. The summed E-state index contributed by atoms with van der Waals surface area (Å²) in [5.41, 5.74) is 5.87. The molecule has 3 aliphatic rings. The van der Waals surface area contributed by atoms with Crippen LogP contribution in [0.3, 0.4) is 0 Å². The summed E-state index contributed by atoms with van der Waals surface area (Å²) in [6.45, 7) is 12.6. The van der Waals surface area contributed by atoms with Crippen molar-refractivity contribution in [3.8, 4) is 17.0 Å². The van der Waals surface area contributed by atoms with Crippen molar-refractivity contribution in [2.45, 2.75) is 32.6 Å². The Labute approximate surface area is 270 Å². The first-order valence-electron chi connectivity index (χ1n) is 16.3. The summed E-state index contributed by atoms with van der Waals surface area (Å²) in [4.78, 5) is 22.1. The Balaban J connectivity index is 1.17. The molecule has 4 aromatic rings. The van der Waals surface area contributed by atoms with Gasteiger partial charge in [0.1, 0.15) is 11.6 Å². The second kappa shape index (κ2) is 13.7. The number of nitrogens with one attached hydrogen (secondary N) is 1. The molecular formula is C35H43N7O4. The summed E-state index contributed by atoms with van der Waals surface area (Å²) >= 11 is 0. The zero-order chi connectivity index (χ0) is 31.5. The number of hydrogen-bond acceptors (Lipinski definition) is 11. The Hall–Kier alpha value is -4.19. The number of fused-ring (bicyclic) bond motifs is 1. The smallest absolute Gasteiger partial charge is 0.229 e. The van der Waals surface area contributed by atoms with E-state index >= 15 is 0 Å². The van der Waals surface area contributed by atoms with Crippen molar-refractivity contribution in [3.63, 3.8) is 0 Å². The van der Waals surface area contributed by atoms with Gasteiger partial charge in [0.05, 0.1) is 56.8 Å². The first-order valence-corrected chi connectivity index (χ1v) is 16.3. The number of rotatable bonds is 8. The maximum absolute atomic E-state index is 6.00. The minimum atomic E-state index is 0.100. The van der Waals surface area contributed by atoms with Gasteiger partial charge in [-0.05, 0) is 68.4 Å². The molecule has 46 heavy (non-hydrogen) atoms. The first kappa shape index (κ1) is 30.5. The van der Waals surface area contributed by atoms with Crippen LogP contribution >= 0.6 is 0 Å². The molecule has 7 rings (SSSR count). The van der Waals surface area contributed by atoms with E-state index in [1.165, 1.54) is 5.69 Å². The van der Waals surface area contributed by atoms with E-state index in [2.05, 4.69) is 82.4 Å². The SMILES string of the molecule is COc1ccc(-c2ccc3c(N4CCOCC4)nc(N4C[C@@H](C)O[C@@H](C)C4)nc3n2)cc1CNc1ccc(N2CCOCC2)cc1. The van der Waals surface area contributed by atoms with Crippen molar-refractivity contribution >= 4 is 34.2 Å². The highest BCUT2D eigenvalue weighted by molar-refractivity contribution is 5.90. The lowest BCUT2D eigenvalue weighted by atomic mass is 10.1. The van der Waals surface area contributed by atoms with E-state index in [9.17, 15) is 0 Å². The van der Waals surface area contributed by atoms with E-state index < -0.39 is 0 Å². The van der Waals surface area contributed by atoms with Crippen LogP contribution < -0.4 is 24.8 Å². The van der Waals surface area contributed by atoms with Crippen LogP contribution in [0.4, 0.5) is 23.1 Å². The number of aromatic nitrogens is 3. The maximum atomic E-state index is 6.00. The number of ether oxygens (including phenoxy) is 4. The number of methoxy groups -OCH3 is 1. The van der Waals surface area contributed by atoms with E-state index in [1.54, 1.807) is 7.11 Å². The predicted octanol–water partition coefficient (Wildman–Crippen LogP) is 4.60. The summed E-state index contributed by atoms with van der Waals surface area (Å²) in [5.74, 6) is 2.44. The molecule has 3 fully saturated rings. The van der Waals surface area contributed by atoms with E-state index in [0.29, 0.717) is 31.4 Å². The molecule has 0 radical (unpaired) electrons. The minimum absolute atomic E-state index is 0.100. The van der Waals surface area contributed by atoms with Gasteiger partial charge in [0, 0.05) is 68.3 Å². The summed E-state index contributed by atoms with van der Waals surface area (Å²) < 4.78 is 22.9. The van der Waals surface area contributed by atoms with Crippen LogP contribution in [0.5, 0.6) is 5.75 Å². The van der Waals surface area contributed by atoms with Crippen LogP contribution in [0.15, 0.2) is 54.6 Å². The highest BCUT2D eigenvalue weighted by Gasteiger charge is 2.27. The van der Waals surface area contributed by atoms with Crippen molar-refractivity contribution < 1.29 is 18.9 Å². The van der Waals surface area contributed by atoms with Gasteiger partial charge in [-0.25, -0.2) is 4.98 Å². The highest BCUT2D eigenvalue weighted by atomic mass is 16.5. The zero-order valence-electron chi connectivity index (χ0n) is 26.9. The molecule has 0 amide bonds. The van der Waals surface area contributed by atoms with Crippen molar-refractivity contribution in [1.29, 1.82) is 0 Å². The largest absolute Gasteiger partial charge is 0.496 e. The Morgan fingerprint density at radius 1 is 0.783 bits per heavy atom.